The average Bonchev–Trinajstić information content (AvgIpc) is 1.91. The molecule has 0 fully saturated rings. The summed E-state index contributed by atoms with van der Waals surface area (Å²) in [5.41, 5.74) is 0. The normalized spacial score (nSPS) is 9.44. The molecule has 0 aromatic heterocycles. The van der Waals surface area contributed by atoms with E-state index in [1.54, 1.807) is 7.11 Å². The Morgan fingerprint density at radius 2 is 2.56 bits per heavy atom. The van der Waals surface area contributed by atoms with E-state index >= 15 is 0 Å². The van der Waals surface area contributed by atoms with Crippen molar-refractivity contribution < 1.29 is 4.18 Å². The Balaban J connectivity index is 2.61. The Hall–Kier alpha value is -0.470. The van der Waals surface area contributed by atoms with Gasteiger partial charge in [-0.3, -0.25) is 0 Å². The van der Waals surface area contributed by atoms with Crippen molar-refractivity contribution in [2.45, 2.75) is 4.90 Å². The van der Waals surface area contributed by atoms with Crippen LogP contribution in [0, 0.1) is 6.07 Å². The minimum Gasteiger partial charge on any atom is -0.314 e. The lowest BCUT2D eigenvalue weighted by Crippen LogP contribution is -1.68. The molecule has 1 aromatic carbocycles. The zero-order valence-corrected chi connectivity index (χ0v) is 5.94. The largest absolute Gasteiger partial charge is 0.314 e. The van der Waals surface area contributed by atoms with Gasteiger partial charge in [-0.2, -0.15) is 0 Å². The second-order valence-corrected chi connectivity index (χ2v) is 2.46. The van der Waals surface area contributed by atoms with E-state index in [0.717, 1.165) is 4.90 Å². The molecule has 0 aliphatic heterocycles. The van der Waals surface area contributed by atoms with Crippen molar-refractivity contribution in [1.82, 2.24) is 0 Å². The molecule has 0 spiro atoms. The third-order valence-corrected chi connectivity index (χ3v) is 1.47. The molecular formula is C7H7OS. The molecule has 1 radical (unpaired) electrons. The molecule has 0 saturated carbocycles. The van der Waals surface area contributed by atoms with Crippen molar-refractivity contribution >= 4 is 12.0 Å². The van der Waals surface area contributed by atoms with E-state index in [9.17, 15) is 0 Å². The van der Waals surface area contributed by atoms with Crippen LogP contribution in [-0.4, -0.2) is 7.11 Å². The van der Waals surface area contributed by atoms with Crippen LogP contribution in [0.2, 0.25) is 0 Å². The standard InChI is InChI=1S/C7H7OS/c1-8-9-7-5-3-2-4-6-7/h2-3,5-6H,1H3. The first-order valence-electron chi connectivity index (χ1n) is 2.60. The summed E-state index contributed by atoms with van der Waals surface area (Å²) in [5.74, 6) is 0. The van der Waals surface area contributed by atoms with Crippen molar-refractivity contribution in [3.8, 4) is 0 Å². The van der Waals surface area contributed by atoms with E-state index in [4.69, 9.17) is 4.18 Å². The van der Waals surface area contributed by atoms with Crippen LogP contribution in [0.4, 0.5) is 0 Å². The fraction of sp³-hybridized carbons (Fsp3) is 0.143. The molecule has 0 bridgehead atoms. The van der Waals surface area contributed by atoms with Crippen LogP contribution in [0.5, 0.6) is 0 Å². The highest BCUT2D eigenvalue weighted by atomic mass is 32.2. The first-order chi connectivity index (χ1) is 4.43. The highest BCUT2D eigenvalue weighted by molar-refractivity contribution is 7.94. The van der Waals surface area contributed by atoms with Crippen LogP contribution in [0.15, 0.2) is 29.2 Å². The molecule has 0 heterocycles. The summed E-state index contributed by atoms with van der Waals surface area (Å²) in [4.78, 5) is 1.08. The molecule has 1 aromatic rings. The molecule has 0 aliphatic carbocycles. The summed E-state index contributed by atoms with van der Waals surface area (Å²) in [6.07, 6.45) is 0. The van der Waals surface area contributed by atoms with Gasteiger partial charge in [0, 0.05) is 16.9 Å². The lowest BCUT2D eigenvalue weighted by atomic mass is 10.4. The maximum atomic E-state index is 4.82. The third kappa shape index (κ3) is 2.08. The van der Waals surface area contributed by atoms with Crippen LogP contribution >= 0.6 is 12.0 Å². The first kappa shape index (κ1) is 6.65. The van der Waals surface area contributed by atoms with E-state index in [2.05, 4.69) is 6.07 Å². The van der Waals surface area contributed by atoms with E-state index in [-0.39, 0.29) is 0 Å². The third-order valence-electron chi connectivity index (χ3n) is 0.858. The summed E-state index contributed by atoms with van der Waals surface area (Å²) in [6.45, 7) is 0. The Labute approximate surface area is 59.2 Å². The molecule has 0 aliphatic rings. The van der Waals surface area contributed by atoms with Gasteiger partial charge in [0.15, 0.2) is 0 Å². The molecule has 0 amide bonds. The van der Waals surface area contributed by atoms with Crippen LogP contribution in [0.3, 0.4) is 0 Å². The van der Waals surface area contributed by atoms with Crippen molar-refractivity contribution in [1.29, 1.82) is 0 Å². The predicted octanol–water partition coefficient (Wildman–Crippen LogP) is 2.14. The number of rotatable bonds is 2. The topological polar surface area (TPSA) is 9.23 Å². The summed E-state index contributed by atoms with van der Waals surface area (Å²) in [5, 5.41) is 0. The summed E-state index contributed by atoms with van der Waals surface area (Å²) >= 11 is 1.34. The fourth-order valence-electron chi connectivity index (χ4n) is 0.525. The van der Waals surface area contributed by atoms with E-state index in [1.165, 1.54) is 12.0 Å². The number of benzene rings is 1. The zero-order chi connectivity index (χ0) is 6.53. The van der Waals surface area contributed by atoms with Crippen molar-refractivity contribution in [3.63, 3.8) is 0 Å². The van der Waals surface area contributed by atoms with E-state index < -0.39 is 0 Å². The van der Waals surface area contributed by atoms with Crippen LogP contribution in [-0.2, 0) is 4.18 Å². The zero-order valence-electron chi connectivity index (χ0n) is 5.13. The second-order valence-electron chi connectivity index (χ2n) is 1.49. The molecule has 47 valence electrons. The SMILES string of the molecule is COSc1c[c]ccc1. The molecule has 1 rings (SSSR count). The Morgan fingerprint density at radius 1 is 1.67 bits per heavy atom. The second kappa shape index (κ2) is 3.54. The Bertz CT molecular complexity index is 162. The Morgan fingerprint density at radius 3 is 3.11 bits per heavy atom. The highest BCUT2D eigenvalue weighted by Crippen LogP contribution is 2.15. The van der Waals surface area contributed by atoms with Gasteiger partial charge in [-0.05, 0) is 18.2 Å². The van der Waals surface area contributed by atoms with Gasteiger partial charge in [0.05, 0.1) is 7.11 Å². The molecule has 0 saturated heterocycles. The monoisotopic (exact) mass is 139 g/mol. The average molecular weight is 139 g/mol. The minimum atomic E-state index is 1.08. The molecule has 9 heavy (non-hydrogen) atoms. The molecule has 2 heteroatoms. The molecule has 0 N–H and O–H groups in total. The van der Waals surface area contributed by atoms with Gasteiger partial charge < -0.3 is 4.18 Å². The number of hydrogen-bond donors (Lipinski definition) is 0. The van der Waals surface area contributed by atoms with Gasteiger partial charge in [-0.1, -0.05) is 12.1 Å². The molecule has 0 unspecified atom stereocenters. The minimum absolute atomic E-state index is 1.08. The Kier molecular flexibility index (Phi) is 2.61. The van der Waals surface area contributed by atoms with E-state index in [1.807, 2.05) is 24.3 Å². The fourth-order valence-corrected chi connectivity index (χ4v) is 0.968. The van der Waals surface area contributed by atoms with Crippen molar-refractivity contribution in [2.24, 2.45) is 0 Å². The lowest BCUT2D eigenvalue weighted by Gasteiger charge is -1.93. The van der Waals surface area contributed by atoms with Crippen molar-refractivity contribution in [2.75, 3.05) is 7.11 Å². The maximum Gasteiger partial charge on any atom is 0.0508 e. The van der Waals surface area contributed by atoms with Gasteiger partial charge in [0.2, 0.25) is 0 Å². The summed E-state index contributed by atoms with van der Waals surface area (Å²) < 4.78 is 4.82. The lowest BCUT2D eigenvalue weighted by molar-refractivity contribution is 0.490. The highest BCUT2D eigenvalue weighted by Gasteiger charge is 1.86. The molecular weight excluding hydrogens is 132 g/mol. The van der Waals surface area contributed by atoms with Crippen LogP contribution < -0.4 is 0 Å². The smallest absolute Gasteiger partial charge is 0.0508 e. The van der Waals surface area contributed by atoms with Gasteiger partial charge in [-0.25, -0.2) is 0 Å². The summed E-state index contributed by atoms with van der Waals surface area (Å²) in [6, 6.07) is 10.6. The predicted molar refractivity (Wildman–Crippen MR) is 38.1 cm³/mol. The summed E-state index contributed by atoms with van der Waals surface area (Å²) in [7, 11) is 1.65. The van der Waals surface area contributed by atoms with E-state index in [0.29, 0.717) is 0 Å². The van der Waals surface area contributed by atoms with Gasteiger partial charge >= 0.3 is 0 Å². The van der Waals surface area contributed by atoms with Crippen LogP contribution in [0.1, 0.15) is 0 Å². The number of hydrogen-bond acceptors (Lipinski definition) is 2. The quantitative estimate of drug-likeness (QED) is 0.580. The molecule has 1 nitrogen and oxygen atoms in total. The van der Waals surface area contributed by atoms with Crippen LogP contribution in [0.25, 0.3) is 0 Å². The molecule has 0 atom stereocenters. The van der Waals surface area contributed by atoms with Gasteiger partial charge in [0.1, 0.15) is 0 Å². The first-order valence-corrected chi connectivity index (χ1v) is 3.34. The van der Waals surface area contributed by atoms with Gasteiger partial charge in [0.25, 0.3) is 0 Å². The maximum absolute atomic E-state index is 4.82. The van der Waals surface area contributed by atoms with Gasteiger partial charge in [-0.15, -0.1) is 0 Å². The van der Waals surface area contributed by atoms with Crippen molar-refractivity contribution in [3.05, 3.63) is 30.3 Å².